The third kappa shape index (κ3) is 8.78. The molecule has 1 aliphatic rings. The van der Waals surface area contributed by atoms with Gasteiger partial charge in [-0.3, -0.25) is 9.69 Å². The number of thiophene rings is 1. The highest BCUT2D eigenvalue weighted by Crippen LogP contribution is 2.19. The molecule has 0 aliphatic carbocycles. The number of nitrogens with zero attached hydrogens (tertiary/aromatic N) is 3. The van der Waals surface area contributed by atoms with Gasteiger partial charge in [0.2, 0.25) is 5.91 Å². The van der Waals surface area contributed by atoms with E-state index in [-0.39, 0.29) is 36.4 Å². The molecule has 2 N–H and O–H groups in total. The van der Waals surface area contributed by atoms with E-state index in [1.54, 1.807) is 30.3 Å². The largest absolute Gasteiger partial charge is 0.356 e. The van der Waals surface area contributed by atoms with Gasteiger partial charge < -0.3 is 15.5 Å². The van der Waals surface area contributed by atoms with E-state index in [4.69, 9.17) is 0 Å². The van der Waals surface area contributed by atoms with Crippen molar-refractivity contribution in [2.45, 2.75) is 31.8 Å². The van der Waals surface area contributed by atoms with Gasteiger partial charge in [-0.15, -0.1) is 35.3 Å². The van der Waals surface area contributed by atoms with E-state index in [1.807, 2.05) is 0 Å². The van der Waals surface area contributed by atoms with Crippen molar-refractivity contribution in [1.29, 1.82) is 0 Å². The van der Waals surface area contributed by atoms with Crippen molar-refractivity contribution >= 4 is 47.2 Å². The van der Waals surface area contributed by atoms with E-state index in [1.165, 1.54) is 23.3 Å². The number of guanidine groups is 1. The van der Waals surface area contributed by atoms with Crippen LogP contribution in [0.5, 0.6) is 0 Å². The highest BCUT2D eigenvalue weighted by Gasteiger charge is 2.24. The fourth-order valence-corrected chi connectivity index (χ4v) is 4.30. The van der Waals surface area contributed by atoms with Crippen LogP contribution in [0, 0.1) is 0 Å². The van der Waals surface area contributed by atoms with Crippen molar-refractivity contribution < 1.29 is 4.79 Å². The molecule has 0 bridgehead atoms. The molecule has 31 heavy (non-hydrogen) atoms. The van der Waals surface area contributed by atoms with Gasteiger partial charge in [-0.2, -0.15) is 0 Å². The maximum atomic E-state index is 12.0. The molecule has 3 rings (SSSR count). The van der Waals surface area contributed by atoms with Gasteiger partial charge in [0.05, 0.1) is 0 Å². The van der Waals surface area contributed by atoms with Crippen molar-refractivity contribution in [3.63, 3.8) is 0 Å². The van der Waals surface area contributed by atoms with Crippen molar-refractivity contribution in [1.82, 2.24) is 20.4 Å². The molecule has 1 amide bonds. The summed E-state index contributed by atoms with van der Waals surface area (Å²) < 4.78 is 0. The van der Waals surface area contributed by atoms with Gasteiger partial charge >= 0.3 is 0 Å². The number of nitrogens with one attached hydrogen (secondary N) is 2. The summed E-state index contributed by atoms with van der Waals surface area (Å²) in [6.07, 6.45) is 3.35. The van der Waals surface area contributed by atoms with Gasteiger partial charge in [0.25, 0.3) is 0 Å². The van der Waals surface area contributed by atoms with Crippen LogP contribution in [-0.4, -0.2) is 68.0 Å². The number of amides is 1. The van der Waals surface area contributed by atoms with Crippen LogP contribution < -0.4 is 10.6 Å². The highest BCUT2D eigenvalue weighted by molar-refractivity contribution is 14.0. The van der Waals surface area contributed by atoms with Crippen LogP contribution >= 0.6 is 35.3 Å². The summed E-state index contributed by atoms with van der Waals surface area (Å²) in [7, 11) is 3.52. The molecular formula is C23H34IN5OS. The Morgan fingerprint density at radius 2 is 2.00 bits per heavy atom. The molecule has 0 spiro atoms. The van der Waals surface area contributed by atoms with Gasteiger partial charge in [0, 0.05) is 44.6 Å². The second-order valence-electron chi connectivity index (χ2n) is 7.84. The second kappa shape index (κ2) is 13.7. The lowest BCUT2D eigenvalue weighted by Gasteiger charge is -2.25. The Balaban J connectivity index is 0.00000341. The zero-order valence-corrected chi connectivity index (χ0v) is 21.6. The molecule has 1 aliphatic heterocycles. The lowest BCUT2D eigenvalue weighted by atomic mass is 10.2. The summed E-state index contributed by atoms with van der Waals surface area (Å²) in [6, 6.07) is 15.3. The van der Waals surface area contributed by atoms with Gasteiger partial charge in [-0.1, -0.05) is 36.4 Å². The highest BCUT2D eigenvalue weighted by atomic mass is 127. The normalized spacial score (nSPS) is 16.6. The number of halogens is 1. The quantitative estimate of drug-likeness (QED) is 0.284. The molecule has 0 saturated carbocycles. The van der Waals surface area contributed by atoms with Crippen molar-refractivity contribution in [2.75, 3.05) is 40.3 Å². The predicted molar refractivity (Wildman–Crippen MR) is 140 cm³/mol. The average Bonchev–Trinajstić information content (AvgIpc) is 3.42. The minimum Gasteiger partial charge on any atom is -0.356 e. The smallest absolute Gasteiger partial charge is 0.243 e. The van der Waals surface area contributed by atoms with Gasteiger partial charge in [0.15, 0.2) is 5.96 Å². The van der Waals surface area contributed by atoms with Crippen LogP contribution in [0.1, 0.15) is 23.3 Å². The van der Waals surface area contributed by atoms with E-state index >= 15 is 0 Å². The minimum atomic E-state index is 0. The number of benzene rings is 1. The Kier molecular flexibility index (Phi) is 11.3. The molecule has 1 aromatic carbocycles. The molecule has 0 radical (unpaired) electrons. The van der Waals surface area contributed by atoms with Crippen LogP contribution in [0.2, 0.25) is 0 Å². The second-order valence-corrected chi connectivity index (χ2v) is 8.87. The Hall–Kier alpha value is -1.65. The molecule has 1 unspecified atom stereocenters. The van der Waals surface area contributed by atoms with E-state index in [9.17, 15) is 4.79 Å². The molecule has 2 heterocycles. The molecule has 8 heteroatoms. The summed E-state index contributed by atoms with van der Waals surface area (Å²) in [5, 5.41) is 8.98. The van der Waals surface area contributed by atoms with Gasteiger partial charge in [-0.25, -0.2) is 4.99 Å². The number of likely N-dealkylation sites (N-methyl/N-ethyl adjacent to an activating group) is 1. The third-order valence-electron chi connectivity index (χ3n) is 5.35. The summed E-state index contributed by atoms with van der Waals surface area (Å²) in [4.78, 5) is 22.0. The first-order valence-corrected chi connectivity index (χ1v) is 11.5. The first-order valence-electron chi connectivity index (χ1n) is 10.6. The zero-order chi connectivity index (χ0) is 21.2. The van der Waals surface area contributed by atoms with E-state index in [0.717, 1.165) is 32.6 Å². The van der Waals surface area contributed by atoms with Crippen molar-refractivity contribution in [3.8, 4) is 0 Å². The molecule has 1 atom stereocenters. The number of hydrogen-bond donors (Lipinski definition) is 2. The van der Waals surface area contributed by atoms with E-state index in [2.05, 4.69) is 68.4 Å². The monoisotopic (exact) mass is 555 g/mol. The summed E-state index contributed by atoms with van der Waals surface area (Å²) in [5.41, 5.74) is 1.35. The van der Waals surface area contributed by atoms with Crippen molar-refractivity contribution in [3.05, 3.63) is 58.3 Å². The Morgan fingerprint density at radius 3 is 2.71 bits per heavy atom. The lowest BCUT2D eigenvalue weighted by Crippen LogP contribution is -2.45. The first-order chi connectivity index (χ1) is 14.6. The zero-order valence-electron chi connectivity index (χ0n) is 18.4. The maximum absolute atomic E-state index is 12.0. The molecule has 6 nitrogen and oxygen atoms in total. The van der Waals surface area contributed by atoms with E-state index < -0.39 is 0 Å². The number of carbonyl (C=O) groups excluding carboxylic acids is 1. The molecule has 1 fully saturated rings. The van der Waals surface area contributed by atoms with Crippen LogP contribution in [0.25, 0.3) is 0 Å². The summed E-state index contributed by atoms with van der Waals surface area (Å²) in [6.45, 7) is 3.87. The first kappa shape index (κ1) is 25.6. The number of carbonyl (C=O) groups is 1. The fourth-order valence-electron chi connectivity index (χ4n) is 3.59. The van der Waals surface area contributed by atoms with Crippen LogP contribution in [0.3, 0.4) is 0 Å². The van der Waals surface area contributed by atoms with Gasteiger partial charge in [-0.05, 0) is 42.8 Å². The number of rotatable bonds is 9. The summed E-state index contributed by atoms with van der Waals surface area (Å²) in [5.74, 6) is 0.717. The lowest BCUT2D eigenvalue weighted by molar-refractivity contribution is -0.127. The molecule has 1 saturated heterocycles. The maximum Gasteiger partial charge on any atom is 0.243 e. The number of likely N-dealkylation sites (tertiary alicyclic amines) is 1. The standard InChI is InChI=1S/C23H33N5OS.HI/c1-27(2)22(29)17-26-23(24-13-12-21-11-7-15-30-21)25-16-20-10-6-14-28(20)18-19-8-4-3-5-9-19;/h3-5,7-9,11,15,20H,6,10,12-14,16-18H2,1-2H3,(H2,24,25,26);1H. The Labute approximate surface area is 207 Å². The third-order valence-corrected chi connectivity index (χ3v) is 6.28. The van der Waals surface area contributed by atoms with Gasteiger partial charge in [0.1, 0.15) is 6.54 Å². The number of aliphatic imine (C=N–C) groups is 1. The topological polar surface area (TPSA) is 60.0 Å². The van der Waals surface area contributed by atoms with E-state index in [0.29, 0.717) is 12.0 Å². The summed E-state index contributed by atoms with van der Waals surface area (Å²) >= 11 is 1.76. The fraction of sp³-hybridized carbons (Fsp3) is 0.478. The van der Waals surface area contributed by atoms with Crippen LogP contribution in [-0.2, 0) is 17.8 Å². The predicted octanol–water partition coefficient (Wildman–Crippen LogP) is 3.20. The Morgan fingerprint density at radius 1 is 1.19 bits per heavy atom. The Bertz CT molecular complexity index is 798. The molecule has 2 aromatic rings. The average molecular weight is 556 g/mol. The molecule has 170 valence electrons. The SMILES string of the molecule is CN(C)C(=O)CN=C(NCCc1cccs1)NCC1CCCN1Cc1ccccc1.I. The van der Waals surface area contributed by atoms with Crippen molar-refractivity contribution in [2.24, 2.45) is 4.99 Å². The number of hydrogen-bond acceptors (Lipinski definition) is 4. The van der Waals surface area contributed by atoms with Crippen LogP contribution in [0.4, 0.5) is 0 Å². The minimum absolute atomic E-state index is 0. The van der Waals surface area contributed by atoms with Crippen LogP contribution in [0.15, 0.2) is 52.8 Å². The molecule has 1 aromatic heterocycles. The molecular weight excluding hydrogens is 521 g/mol.